The minimum Gasteiger partial charge on any atom is -0.478 e. The number of dihydropyridines is 1. The van der Waals surface area contributed by atoms with Crippen LogP contribution in [0, 0.1) is 0 Å². The minimum absolute atomic E-state index is 0.0946. The van der Waals surface area contributed by atoms with E-state index in [1.807, 2.05) is 0 Å². The fourth-order valence-corrected chi connectivity index (χ4v) is 1.85. The minimum atomic E-state index is -1.02. The van der Waals surface area contributed by atoms with E-state index in [-0.39, 0.29) is 18.6 Å². The molecule has 1 heterocycles. The van der Waals surface area contributed by atoms with Crippen LogP contribution in [0.3, 0.4) is 0 Å². The number of hydrogen-bond acceptors (Lipinski definition) is 5. The maximum atomic E-state index is 11.4. The lowest BCUT2D eigenvalue weighted by Gasteiger charge is -2.17. The lowest BCUT2D eigenvalue weighted by Crippen LogP contribution is -2.21. The second-order valence-corrected chi connectivity index (χ2v) is 3.84. The van der Waals surface area contributed by atoms with Gasteiger partial charge in [0, 0.05) is 12.6 Å². The molecule has 88 valence electrons. The van der Waals surface area contributed by atoms with Crippen molar-refractivity contribution in [3.63, 3.8) is 0 Å². The van der Waals surface area contributed by atoms with E-state index in [9.17, 15) is 9.59 Å². The molecule has 1 rings (SSSR count). The normalized spacial score (nSPS) is 15.2. The van der Waals surface area contributed by atoms with Gasteiger partial charge in [-0.1, -0.05) is 0 Å². The van der Waals surface area contributed by atoms with Gasteiger partial charge in [-0.2, -0.15) is 0 Å². The van der Waals surface area contributed by atoms with Gasteiger partial charge in [0.2, 0.25) is 0 Å². The molecule has 0 aromatic rings. The Kier molecular flexibility index (Phi) is 4.42. The molecule has 6 heteroatoms. The first-order valence-electron chi connectivity index (χ1n) is 4.73. The Morgan fingerprint density at radius 3 is 2.81 bits per heavy atom. The molecule has 0 saturated carbocycles. The number of esters is 1. The van der Waals surface area contributed by atoms with Crippen LogP contribution in [0.1, 0.15) is 13.3 Å². The van der Waals surface area contributed by atoms with Gasteiger partial charge in [-0.15, -0.1) is 11.8 Å². The molecule has 2 N–H and O–H groups in total. The van der Waals surface area contributed by atoms with Gasteiger partial charge in [-0.3, -0.25) is 0 Å². The Morgan fingerprint density at radius 1 is 1.62 bits per heavy atom. The van der Waals surface area contributed by atoms with Gasteiger partial charge in [-0.25, -0.2) is 9.59 Å². The summed E-state index contributed by atoms with van der Waals surface area (Å²) in [7, 11) is 0. The molecule has 0 atom stereocenters. The van der Waals surface area contributed by atoms with Crippen molar-refractivity contribution in [1.82, 2.24) is 5.32 Å². The number of carboxylic acid groups (broad SMARTS) is 1. The molecule has 0 radical (unpaired) electrons. The van der Waals surface area contributed by atoms with E-state index in [2.05, 4.69) is 5.32 Å². The van der Waals surface area contributed by atoms with Gasteiger partial charge < -0.3 is 15.2 Å². The summed E-state index contributed by atoms with van der Waals surface area (Å²) in [4.78, 5) is 22.4. The summed E-state index contributed by atoms with van der Waals surface area (Å²) in [5, 5.41) is 12.3. The Balaban J connectivity index is 2.82. The van der Waals surface area contributed by atoms with E-state index in [1.165, 1.54) is 18.0 Å². The van der Waals surface area contributed by atoms with Crippen LogP contribution < -0.4 is 5.32 Å². The smallest absolute Gasteiger partial charge is 0.335 e. The summed E-state index contributed by atoms with van der Waals surface area (Å²) in [5.74, 6) is -1.50. The van der Waals surface area contributed by atoms with Crippen LogP contribution in [0.15, 0.2) is 22.4 Å². The predicted octanol–water partition coefficient (Wildman–Crippen LogP) is 1.09. The summed E-state index contributed by atoms with van der Waals surface area (Å²) < 4.78 is 4.81. The molecular formula is C10H13NO4S. The van der Waals surface area contributed by atoms with Crippen LogP contribution >= 0.6 is 11.8 Å². The van der Waals surface area contributed by atoms with E-state index in [0.29, 0.717) is 10.6 Å². The Hall–Kier alpha value is -1.43. The monoisotopic (exact) mass is 243 g/mol. The maximum Gasteiger partial charge on any atom is 0.335 e. The van der Waals surface area contributed by atoms with Crippen molar-refractivity contribution in [2.24, 2.45) is 0 Å². The lowest BCUT2D eigenvalue weighted by molar-refractivity contribution is -0.138. The first kappa shape index (κ1) is 12.6. The van der Waals surface area contributed by atoms with Crippen molar-refractivity contribution in [2.45, 2.75) is 13.3 Å². The molecule has 0 aromatic carbocycles. The van der Waals surface area contributed by atoms with Crippen molar-refractivity contribution >= 4 is 23.7 Å². The van der Waals surface area contributed by atoms with Crippen LogP contribution in [0.4, 0.5) is 0 Å². The number of thioether (sulfide) groups is 1. The van der Waals surface area contributed by atoms with E-state index in [1.54, 1.807) is 13.2 Å². The lowest BCUT2D eigenvalue weighted by atomic mass is 10.1. The molecule has 0 saturated heterocycles. The molecule has 16 heavy (non-hydrogen) atoms. The molecule has 0 bridgehead atoms. The third kappa shape index (κ3) is 2.79. The fourth-order valence-electron chi connectivity index (χ4n) is 1.27. The summed E-state index contributed by atoms with van der Waals surface area (Å²) in [5.41, 5.74) is 0.523. The van der Waals surface area contributed by atoms with Gasteiger partial charge >= 0.3 is 11.9 Å². The van der Waals surface area contributed by atoms with Gasteiger partial charge in [0.25, 0.3) is 0 Å². The highest BCUT2D eigenvalue weighted by molar-refractivity contribution is 8.02. The molecule has 0 amide bonds. The number of carbonyl (C=O) groups excluding carboxylic acids is 1. The van der Waals surface area contributed by atoms with E-state index < -0.39 is 11.9 Å². The summed E-state index contributed by atoms with van der Waals surface area (Å²) in [6.45, 7) is 1.98. The molecule has 0 aromatic heterocycles. The SMILES string of the molecule is CCOC(=O)C1=CNC(SC)=C(C(=O)O)C1. The molecule has 0 unspecified atom stereocenters. The van der Waals surface area contributed by atoms with Gasteiger partial charge in [0.05, 0.1) is 22.8 Å². The first-order chi connectivity index (χ1) is 7.60. The van der Waals surface area contributed by atoms with Crippen molar-refractivity contribution in [3.8, 4) is 0 Å². The zero-order valence-electron chi connectivity index (χ0n) is 9.07. The zero-order valence-corrected chi connectivity index (χ0v) is 9.89. The maximum absolute atomic E-state index is 11.4. The Morgan fingerprint density at radius 2 is 2.31 bits per heavy atom. The molecule has 1 aliphatic heterocycles. The highest BCUT2D eigenvalue weighted by Crippen LogP contribution is 2.25. The average molecular weight is 243 g/mol. The molecular weight excluding hydrogens is 230 g/mol. The molecule has 0 aliphatic carbocycles. The number of carbonyl (C=O) groups is 2. The second kappa shape index (κ2) is 5.60. The van der Waals surface area contributed by atoms with Crippen molar-refractivity contribution in [1.29, 1.82) is 0 Å². The quantitative estimate of drug-likeness (QED) is 0.720. The number of rotatable bonds is 4. The molecule has 0 fully saturated rings. The van der Waals surface area contributed by atoms with Crippen LogP contribution in [0.25, 0.3) is 0 Å². The third-order valence-electron chi connectivity index (χ3n) is 2.02. The van der Waals surface area contributed by atoms with Crippen LogP contribution in [-0.2, 0) is 14.3 Å². The molecule has 0 spiro atoms. The number of carboxylic acids is 1. The Bertz CT molecular complexity index is 373. The molecule has 5 nitrogen and oxygen atoms in total. The largest absolute Gasteiger partial charge is 0.478 e. The third-order valence-corrected chi connectivity index (χ3v) is 2.79. The zero-order chi connectivity index (χ0) is 12.1. The number of nitrogens with one attached hydrogen (secondary N) is 1. The molecule has 1 aliphatic rings. The average Bonchev–Trinajstić information content (AvgIpc) is 2.28. The summed E-state index contributed by atoms with van der Waals surface area (Å²) in [6, 6.07) is 0. The first-order valence-corrected chi connectivity index (χ1v) is 5.95. The standard InChI is InChI=1S/C10H13NO4S/c1-3-15-10(14)6-4-7(9(12)13)8(16-2)11-5-6/h5,11H,3-4H2,1-2H3,(H,12,13). The number of hydrogen-bond donors (Lipinski definition) is 2. The van der Waals surface area contributed by atoms with E-state index >= 15 is 0 Å². The topological polar surface area (TPSA) is 75.6 Å². The van der Waals surface area contributed by atoms with Crippen LogP contribution in [0.2, 0.25) is 0 Å². The van der Waals surface area contributed by atoms with Crippen molar-refractivity contribution < 1.29 is 19.4 Å². The fraction of sp³-hybridized carbons (Fsp3) is 0.400. The Labute approximate surface area is 97.5 Å². The second-order valence-electron chi connectivity index (χ2n) is 3.03. The highest BCUT2D eigenvalue weighted by Gasteiger charge is 2.23. The van der Waals surface area contributed by atoms with Gasteiger partial charge in [0.1, 0.15) is 0 Å². The van der Waals surface area contributed by atoms with E-state index in [0.717, 1.165) is 0 Å². The van der Waals surface area contributed by atoms with Crippen molar-refractivity contribution in [3.05, 3.63) is 22.4 Å². The number of ether oxygens (including phenoxy) is 1. The predicted molar refractivity (Wildman–Crippen MR) is 60.6 cm³/mol. The number of aliphatic carboxylic acids is 1. The summed E-state index contributed by atoms with van der Waals surface area (Å²) in [6.07, 6.45) is 3.36. The highest BCUT2D eigenvalue weighted by atomic mass is 32.2. The van der Waals surface area contributed by atoms with Crippen molar-refractivity contribution in [2.75, 3.05) is 12.9 Å². The van der Waals surface area contributed by atoms with Crippen LogP contribution in [0.5, 0.6) is 0 Å². The van der Waals surface area contributed by atoms with Gasteiger partial charge in [0.15, 0.2) is 0 Å². The van der Waals surface area contributed by atoms with Crippen LogP contribution in [-0.4, -0.2) is 29.9 Å². The van der Waals surface area contributed by atoms with E-state index in [4.69, 9.17) is 9.84 Å². The summed E-state index contributed by atoms with van der Waals surface area (Å²) >= 11 is 1.30. The van der Waals surface area contributed by atoms with Gasteiger partial charge in [-0.05, 0) is 13.2 Å².